The van der Waals surface area contributed by atoms with E-state index < -0.39 is 0 Å². The summed E-state index contributed by atoms with van der Waals surface area (Å²) in [6, 6.07) is 4.98. The van der Waals surface area contributed by atoms with Crippen molar-refractivity contribution in [3.63, 3.8) is 0 Å². The minimum atomic E-state index is -0.295. The Morgan fingerprint density at radius 2 is 2.17 bits per heavy atom. The molecule has 3 rings (SSSR count). The van der Waals surface area contributed by atoms with E-state index in [-0.39, 0.29) is 36.6 Å². The SMILES string of the molecule is CN=C(NCc1ccsc1)NCc1cc(F)cc2c1OCOC2.I. The molecule has 0 saturated carbocycles. The Bertz CT molecular complexity index is 695. The van der Waals surface area contributed by atoms with Crippen LogP contribution in [0.3, 0.4) is 0 Å². The van der Waals surface area contributed by atoms with Crippen molar-refractivity contribution in [2.45, 2.75) is 19.7 Å². The number of rotatable bonds is 4. The van der Waals surface area contributed by atoms with Gasteiger partial charge in [-0.3, -0.25) is 4.99 Å². The highest BCUT2D eigenvalue weighted by Crippen LogP contribution is 2.29. The van der Waals surface area contributed by atoms with Crippen molar-refractivity contribution in [1.29, 1.82) is 0 Å². The third-order valence-corrected chi connectivity index (χ3v) is 4.19. The van der Waals surface area contributed by atoms with E-state index in [1.54, 1.807) is 18.4 Å². The van der Waals surface area contributed by atoms with Gasteiger partial charge in [0.25, 0.3) is 0 Å². The lowest BCUT2D eigenvalue weighted by atomic mass is 10.1. The second kappa shape index (κ2) is 9.19. The van der Waals surface area contributed by atoms with Crippen LogP contribution in [0.4, 0.5) is 4.39 Å². The Labute approximate surface area is 161 Å². The average Bonchev–Trinajstić information content (AvgIpc) is 3.08. The van der Waals surface area contributed by atoms with Crippen LogP contribution in [-0.4, -0.2) is 19.8 Å². The molecule has 2 N–H and O–H groups in total. The summed E-state index contributed by atoms with van der Waals surface area (Å²) < 4.78 is 24.4. The first-order valence-electron chi connectivity index (χ1n) is 7.23. The molecule has 0 unspecified atom stereocenters. The molecule has 2 aromatic rings. The number of hydrogen-bond acceptors (Lipinski definition) is 4. The fraction of sp³-hybridized carbons (Fsp3) is 0.312. The minimum absolute atomic E-state index is 0. The number of ether oxygens (including phenoxy) is 2. The van der Waals surface area contributed by atoms with Crippen LogP contribution < -0.4 is 15.4 Å². The molecule has 0 aliphatic carbocycles. The Morgan fingerprint density at radius 3 is 2.92 bits per heavy atom. The highest BCUT2D eigenvalue weighted by atomic mass is 127. The van der Waals surface area contributed by atoms with Crippen LogP contribution in [0, 0.1) is 5.82 Å². The predicted molar refractivity (Wildman–Crippen MR) is 103 cm³/mol. The van der Waals surface area contributed by atoms with E-state index in [0.717, 1.165) is 11.1 Å². The maximum Gasteiger partial charge on any atom is 0.191 e. The van der Waals surface area contributed by atoms with Crippen molar-refractivity contribution in [3.05, 3.63) is 51.5 Å². The summed E-state index contributed by atoms with van der Waals surface area (Å²) in [6.45, 7) is 1.67. The van der Waals surface area contributed by atoms with Gasteiger partial charge in [-0.05, 0) is 34.5 Å². The van der Waals surface area contributed by atoms with E-state index in [1.807, 2.05) is 5.38 Å². The molecule has 0 amide bonds. The fourth-order valence-electron chi connectivity index (χ4n) is 2.37. The van der Waals surface area contributed by atoms with Crippen LogP contribution in [0.15, 0.2) is 34.0 Å². The lowest BCUT2D eigenvalue weighted by Crippen LogP contribution is -2.36. The lowest BCUT2D eigenvalue weighted by molar-refractivity contribution is -0.0172. The first-order chi connectivity index (χ1) is 11.3. The molecular formula is C16H19FIN3O2S. The number of halogens is 2. The molecule has 1 aromatic heterocycles. The third kappa shape index (κ3) is 4.81. The number of hydrogen-bond donors (Lipinski definition) is 2. The molecule has 0 saturated heterocycles. The van der Waals surface area contributed by atoms with Crippen LogP contribution in [0.1, 0.15) is 16.7 Å². The van der Waals surface area contributed by atoms with Gasteiger partial charge in [-0.25, -0.2) is 4.39 Å². The van der Waals surface area contributed by atoms with Gasteiger partial charge in [-0.1, -0.05) is 0 Å². The molecule has 1 aromatic carbocycles. The van der Waals surface area contributed by atoms with Crippen LogP contribution in [0.5, 0.6) is 5.75 Å². The molecule has 5 nitrogen and oxygen atoms in total. The summed E-state index contributed by atoms with van der Waals surface area (Å²) in [4.78, 5) is 4.18. The number of aliphatic imine (C=N–C) groups is 1. The molecule has 0 radical (unpaired) electrons. The van der Waals surface area contributed by atoms with Gasteiger partial charge in [-0.2, -0.15) is 11.3 Å². The Morgan fingerprint density at radius 1 is 1.33 bits per heavy atom. The molecule has 130 valence electrons. The number of fused-ring (bicyclic) bond motifs is 1. The number of thiophene rings is 1. The summed E-state index contributed by atoms with van der Waals surface area (Å²) in [5, 5.41) is 10.5. The highest BCUT2D eigenvalue weighted by Gasteiger charge is 2.17. The predicted octanol–water partition coefficient (Wildman–Crippen LogP) is 3.24. The summed E-state index contributed by atoms with van der Waals surface area (Å²) in [5.74, 6) is 1.05. The summed E-state index contributed by atoms with van der Waals surface area (Å²) in [7, 11) is 1.70. The van der Waals surface area contributed by atoms with Gasteiger partial charge in [-0.15, -0.1) is 24.0 Å². The molecule has 0 fully saturated rings. The zero-order valence-electron chi connectivity index (χ0n) is 13.2. The van der Waals surface area contributed by atoms with Crippen LogP contribution >= 0.6 is 35.3 Å². The van der Waals surface area contributed by atoms with E-state index in [4.69, 9.17) is 9.47 Å². The Balaban J connectivity index is 0.00000208. The van der Waals surface area contributed by atoms with Crippen LogP contribution in [0.2, 0.25) is 0 Å². The Hall–Kier alpha value is -1.39. The molecule has 2 heterocycles. The molecule has 1 aliphatic rings. The van der Waals surface area contributed by atoms with Crippen molar-refractivity contribution < 1.29 is 13.9 Å². The quantitative estimate of drug-likeness (QED) is 0.416. The van der Waals surface area contributed by atoms with Crippen LogP contribution in [-0.2, 0) is 24.4 Å². The molecular weight excluding hydrogens is 444 g/mol. The van der Waals surface area contributed by atoms with E-state index >= 15 is 0 Å². The molecule has 8 heteroatoms. The molecule has 24 heavy (non-hydrogen) atoms. The van der Waals surface area contributed by atoms with Gasteiger partial charge in [0, 0.05) is 31.3 Å². The molecule has 0 spiro atoms. The van der Waals surface area contributed by atoms with E-state index in [1.165, 1.54) is 17.7 Å². The number of benzene rings is 1. The minimum Gasteiger partial charge on any atom is -0.467 e. The van der Waals surface area contributed by atoms with Crippen molar-refractivity contribution in [1.82, 2.24) is 10.6 Å². The average molecular weight is 463 g/mol. The number of guanidine groups is 1. The van der Waals surface area contributed by atoms with E-state index in [9.17, 15) is 4.39 Å². The Kier molecular flexibility index (Phi) is 7.25. The van der Waals surface area contributed by atoms with Crippen molar-refractivity contribution in [3.8, 4) is 5.75 Å². The smallest absolute Gasteiger partial charge is 0.191 e. The van der Waals surface area contributed by atoms with E-state index in [2.05, 4.69) is 27.1 Å². The van der Waals surface area contributed by atoms with Crippen molar-refractivity contribution in [2.24, 2.45) is 4.99 Å². The normalized spacial score (nSPS) is 13.5. The van der Waals surface area contributed by atoms with Crippen molar-refractivity contribution in [2.75, 3.05) is 13.8 Å². The van der Waals surface area contributed by atoms with Crippen molar-refractivity contribution >= 4 is 41.3 Å². The van der Waals surface area contributed by atoms with Gasteiger partial charge in [0.05, 0.1) is 6.61 Å². The largest absolute Gasteiger partial charge is 0.467 e. The first-order valence-corrected chi connectivity index (χ1v) is 8.18. The van der Waals surface area contributed by atoms with Crippen LogP contribution in [0.25, 0.3) is 0 Å². The van der Waals surface area contributed by atoms with E-state index in [0.29, 0.717) is 31.4 Å². The van der Waals surface area contributed by atoms with Gasteiger partial charge < -0.3 is 20.1 Å². The number of nitrogens with zero attached hydrogens (tertiary/aromatic N) is 1. The zero-order chi connectivity index (χ0) is 16.1. The maximum atomic E-state index is 13.7. The number of nitrogens with one attached hydrogen (secondary N) is 2. The molecule has 1 aliphatic heterocycles. The summed E-state index contributed by atoms with van der Waals surface area (Å²) in [5.41, 5.74) is 2.68. The van der Waals surface area contributed by atoms with Gasteiger partial charge in [0.2, 0.25) is 0 Å². The standard InChI is InChI=1S/C16H18FN3O2S.HI/c1-18-16(19-6-11-2-3-23-9-11)20-7-12-4-14(17)5-13-8-21-10-22-15(12)13;/h2-5,9H,6-8,10H2,1H3,(H2,18,19,20);1H. The van der Waals surface area contributed by atoms with Gasteiger partial charge >= 0.3 is 0 Å². The molecule has 0 bridgehead atoms. The second-order valence-electron chi connectivity index (χ2n) is 5.07. The third-order valence-electron chi connectivity index (χ3n) is 3.46. The zero-order valence-corrected chi connectivity index (χ0v) is 16.3. The summed E-state index contributed by atoms with van der Waals surface area (Å²) in [6.07, 6.45) is 0. The van der Waals surface area contributed by atoms with Gasteiger partial charge in [0.1, 0.15) is 11.6 Å². The van der Waals surface area contributed by atoms with Gasteiger partial charge in [0.15, 0.2) is 12.8 Å². The monoisotopic (exact) mass is 463 g/mol. The topological polar surface area (TPSA) is 54.9 Å². The fourth-order valence-corrected chi connectivity index (χ4v) is 3.04. The lowest BCUT2D eigenvalue weighted by Gasteiger charge is -2.21. The maximum absolute atomic E-state index is 13.7. The first kappa shape index (κ1) is 18.9. The second-order valence-corrected chi connectivity index (χ2v) is 5.85. The summed E-state index contributed by atoms with van der Waals surface area (Å²) >= 11 is 1.66. The highest BCUT2D eigenvalue weighted by molar-refractivity contribution is 14.0. The molecule has 0 atom stereocenters.